The zero-order chi connectivity index (χ0) is 16.0. The van der Waals surface area contributed by atoms with E-state index in [2.05, 4.69) is 0 Å². The van der Waals surface area contributed by atoms with Crippen molar-refractivity contribution in [2.75, 3.05) is 11.4 Å². The highest BCUT2D eigenvalue weighted by Gasteiger charge is 2.28. The molecule has 23 heavy (non-hydrogen) atoms. The smallest absolute Gasteiger partial charge is 0.258 e. The highest BCUT2D eigenvalue weighted by molar-refractivity contribution is 6.14. The van der Waals surface area contributed by atoms with Gasteiger partial charge in [-0.25, -0.2) is 8.78 Å². The van der Waals surface area contributed by atoms with E-state index in [1.807, 2.05) is 36.4 Å². The summed E-state index contributed by atoms with van der Waals surface area (Å²) in [6.45, 7) is 0.431. The fraction of sp³-hybridized carbons (Fsp3) is 0.105. The molecule has 1 aliphatic rings. The van der Waals surface area contributed by atoms with E-state index in [4.69, 9.17) is 0 Å². The van der Waals surface area contributed by atoms with Gasteiger partial charge < -0.3 is 4.90 Å². The third-order valence-corrected chi connectivity index (χ3v) is 4.28. The Morgan fingerprint density at radius 2 is 1.70 bits per heavy atom. The number of anilines is 1. The van der Waals surface area contributed by atoms with E-state index >= 15 is 0 Å². The number of halogens is 2. The highest BCUT2D eigenvalue weighted by atomic mass is 19.2. The minimum Gasteiger partial charge on any atom is -0.308 e. The molecule has 0 saturated carbocycles. The Morgan fingerprint density at radius 3 is 2.57 bits per heavy atom. The molecule has 1 heterocycles. The first kappa shape index (κ1) is 13.9. The van der Waals surface area contributed by atoms with Crippen LogP contribution in [-0.4, -0.2) is 12.5 Å². The van der Waals surface area contributed by atoms with Gasteiger partial charge in [0.05, 0.1) is 5.69 Å². The topological polar surface area (TPSA) is 20.3 Å². The van der Waals surface area contributed by atoms with E-state index in [1.165, 1.54) is 11.0 Å². The van der Waals surface area contributed by atoms with Gasteiger partial charge in [0.15, 0.2) is 11.6 Å². The van der Waals surface area contributed by atoms with Crippen LogP contribution in [0.25, 0.3) is 10.8 Å². The molecule has 2 nitrogen and oxygen atoms in total. The summed E-state index contributed by atoms with van der Waals surface area (Å²) >= 11 is 0. The second-order valence-electron chi connectivity index (χ2n) is 5.63. The van der Waals surface area contributed by atoms with Crippen LogP contribution in [0.5, 0.6) is 0 Å². The maximum absolute atomic E-state index is 13.6. The molecule has 0 aliphatic carbocycles. The van der Waals surface area contributed by atoms with Crippen LogP contribution in [0.1, 0.15) is 15.9 Å². The molecule has 3 aromatic rings. The Labute approximate surface area is 132 Å². The van der Waals surface area contributed by atoms with Crippen LogP contribution in [-0.2, 0) is 6.42 Å². The Morgan fingerprint density at radius 1 is 0.957 bits per heavy atom. The summed E-state index contributed by atoms with van der Waals surface area (Å²) < 4.78 is 26.9. The molecule has 0 fully saturated rings. The number of hydrogen-bond acceptors (Lipinski definition) is 1. The van der Waals surface area contributed by atoms with Crippen LogP contribution in [0, 0.1) is 11.6 Å². The van der Waals surface area contributed by atoms with Gasteiger partial charge in [0, 0.05) is 18.2 Å². The SMILES string of the molecule is O=C(c1cccc2ccccc12)N1CCc2cc(F)c(F)cc21. The van der Waals surface area contributed by atoms with Crippen LogP contribution >= 0.6 is 0 Å². The summed E-state index contributed by atoms with van der Waals surface area (Å²) in [5.74, 6) is -1.99. The molecule has 0 aromatic heterocycles. The number of hydrogen-bond donors (Lipinski definition) is 0. The fourth-order valence-electron chi connectivity index (χ4n) is 3.15. The average molecular weight is 309 g/mol. The third-order valence-electron chi connectivity index (χ3n) is 4.28. The van der Waals surface area contributed by atoms with Crippen molar-refractivity contribution >= 4 is 22.4 Å². The first-order valence-corrected chi connectivity index (χ1v) is 7.43. The second-order valence-corrected chi connectivity index (χ2v) is 5.63. The summed E-state index contributed by atoms with van der Waals surface area (Å²) in [6, 6.07) is 15.5. The summed E-state index contributed by atoms with van der Waals surface area (Å²) in [7, 11) is 0. The number of amides is 1. The fourth-order valence-corrected chi connectivity index (χ4v) is 3.15. The molecule has 114 valence electrons. The van der Waals surface area contributed by atoms with Crippen LogP contribution < -0.4 is 4.90 Å². The number of benzene rings is 3. The molecule has 0 radical (unpaired) electrons. The number of carbonyl (C=O) groups is 1. The van der Waals surface area contributed by atoms with Gasteiger partial charge in [-0.05, 0) is 34.9 Å². The van der Waals surface area contributed by atoms with E-state index < -0.39 is 11.6 Å². The van der Waals surface area contributed by atoms with Crippen LogP contribution in [0.15, 0.2) is 54.6 Å². The van der Waals surface area contributed by atoms with E-state index in [-0.39, 0.29) is 5.91 Å². The minimum absolute atomic E-state index is 0.188. The van der Waals surface area contributed by atoms with Gasteiger partial charge in [-0.1, -0.05) is 36.4 Å². The standard InChI is InChI=1S/C19H13F2NO/c20-16-10-13-8-9-22(18(13)11-17(16)21)19(23)15-7-3-5-12-4-1-2-6-14(12)15/h1-7,10-11H,8-9H2. The number of carbonyl (C=O) groups excluding carboxylic acids is 1. The lowest BCUT2D eigenvalue weighted by Gasteiger charge is -2.18. The van der Waals surface area contributed by atoms with Crippen molar-refractivity contribution < 1.29 is 13.6 Å². The minimum atomic E-state index is -0.929. The predicted octanol–water partition coefficient (Wildman–Crippen LogP) is 4.32. The quantitative estimate of drug-likeness (QED) is 0.655. The normalized spacial score (nSPS) is 13.4. The third kappa shape index (κ3) is 2.18. The Hall–Kier alpha value is -2.75. The summed E-state index contributed by atoms with van der Waals surface area (Å²) in [5.41, 5.74) is 1.69. The first-order chi connectivity index (χ1) is 11.1. The van der Waals surface area contributed by atoms with Crippen molar-refractivity contribution in [3.63, 3.8) is 0 Å². The lowest BCUT2D eigenvalue weighted by atomic mass is 10.0. The van der Waals surface area contributed by atoms with Gasteiger partial charge >= 0.3 is 0 Å². The predicted molar refractivity (Wildman–Crippen MR) is 85.7 cm³/mol. The Bertz CT molecular complexity index is 931. The van der Waals surface area contributed by atoms with Crippen molar-refractivity contribution in [2.24, 2.45) is 0 Å². The van der Waals surface area contributed by atoms with Gasteiger partial charge in [-0.15, -0.1) is 0 Å². The summed E-state index contributed by atoms with van der Waals surface area (Å²) in [5, 5.41) is 1.83. The molecule has 0 N–H and O–H groups in total. The van der Waals surface area contributed by atoms with Gasteiger partial charge in [0.25, 0.3) is 5.91 Å². The molecular weight excluding hydrogens is 296 g/mol. The van der Waals surface area contributed by atoms with E-state index in [0.717, 1.165) is 16.8 Å². The van der Waals surface area contributed by atoms with Crippen LogP contribution in [0.4, 0.5) is 14.5 Å². The monoisotopic (exact) mass is 309 g/mol. The molecule has 4 heteroatoms. The average Bonchev–Trinajstić information content (AvgIpc) is 2.97. The Kier molecular flexibility index (Phi) is 3.11. The molecule has 0 saturated heterocycles. The number of rotatable bonds is 1. The second kappa shape index (κ2) is 5.16. The molecule has 0 unspecified atom stereocenters. The number of nitrogens with zero attached hydrogens (tertiary/aromatic N) is 1. The molecule has 3 aromatic carbocycles. The molecule has 1 aliphatic heterocycles. The highest BCUT2D eigenvalue weighted by Crippen LogP contribution is 2.32. The lowest BCUT2D eigenvalue weighted by molar-refractivity contribution is 0.0991. The maximum atomic E-state index is 13.6. The summed E-state index contributed by atoms with van der Waals surface area (Å²) in [4.78, 5) is 14.5. The van der Waals surface area contributed by atoms with Gasteiger partial charge in [-0.3, -0.25) is 4.79 Å². The maximum Gasteiger partial charge on any atom is 0.258 e. The molecule has 1 amide bonds. The van der Waals surface area contributed by atoms with Crippen molar-refractivity contribution in [1.82, 2.24) is 0 Å². The van der Waals surface area contributed by atoms with E-state index in [9.17, 15) is 13.6 Å². The first-order valence-electron chi connectivity index (χ1n) is 7.43. The van der Waals surface area contributed by atoms with Crippen molar-refractivity contribution in [1.29, 1.82) is 0 Å². The molecule has 0 bridgehead atoms. The van der Waals surface area contributed by atoms with Crippen molar-refractivity contribution in [3.05, 3.63) is 77.4 Å². The van der Waals surface area contributed by atoms with Crippen molar-refractivity contribution in [2.45, 2.75) is 6.42 Å². The zero-order valence-electron chi connectivity index (χ0n) is 12.2. The molecular formula is C19H13F2NO. The molecule has 4 rings (SSSR count). The number of fused-ring (bicyclic) bond motifs is 2. The molecule has 0 atom stereocenters. The lowest BCUT2D eigenvalue weighted by Crippen LogP contribution is -2.29. The van der Waals surface area contributed by atoms with Crippen LogP contribution in [0.2, 0.25) is 0 Å². The Balaban J connectivity index is 1.81. The zero-order valence-corrected chi connectivity index (χ0v) is 12.2. The molecule has 0 spiro atoms. The van der Waals surface area contributed by atoms with Gasteiger partial charge in [0.2, 0.25) is 0 Å². The van der Waals surface area contributed by atoms with Crippen molar-refractivity contribution in [3.8, 4) is 0 Å². The largest absolute Gasteiger partial charge is 0.308 e. The van der Waals surface area contributed by atoms with E-state index in [0.29, 0.717) is 29.8 Å². The van der Waals surface area contributed by atoms with Gasteiger partial charge in [0.1, 0.15) is 0 Å². The van der Waals surface area contributed by atoms with E-state index in [1.54, 1.807) is 6.07 Å². The van der Waals surface area contributed by atoms with Gasteiger partial charge in [-0.2, -0.15) is 0 Å². The van der Waals surface area contributed by atoms with Crippen LogP contribution in [0.3, 0.4) is 0 Å². The summed E-state index contributed by atoms with van der Waals surface area (Å²) in [6.07, 6.45) is 0.531.